The van der Waals surface area contributed by atoms with Gasteiger partial charge in [-0.25, -0.2) is 0 Å². The largest absolute Gasteiger partial charge is 0 e. The van der Waals surface area contributed by atoms with Crippen molar-refractivity contribution < 1.29 is 78.2 Å². The molecule has 0 aromatic carbocycles. The summed E-state index contributed by atoms with van der Waals surface area (Å²) in [6.07, 6.45) is 0. The van der Waals surface area contributed by atoms with Gasteiger partial charge < -0.3 is 0 Å². The fourth-order valence-electron chi connectivity index (χ4n) is 0. The second kappa shape index (κ2) is 26.6. The summed E-state index contributed by atoms with van der Waals surface area (Å²) in [5.74, 6) is 0. The second-order valence-corrected chi connectivity index (χ2v) is 0. The second-order valence-electron chi connectivity index (χ2n) is 0. The summed E-state index contributed by atoms with van der Waals surface area (Å²) in [4.78, 5) is 0. The number of hydrogen-bond donors (Lipinski definition) is 0. The van der Waals surface area contributed by atoms with E-state index in [0.29, 0.717) is 0 Å². The molecule has 0 spiro atoms. The molecular formula is H2CuFeNbSnTi. The van der Waals surface area contributed by atoms with E-state index in [1.165, 1.54) is 0 Å². The Labute approximate surface area is 100 Å². The summed E-state index contributed by atoms with van der Waals surface area (Å²) >= 11 is 0. The van der Waals surface area contributed by atoms with Crippen molar-refractivity contribution in [2.75, 3.05) is 0 Å². The van der Waals surface area contributed by atoms with E-state index in [2.05, 4.69) is 0 Å². The summed E-state index contributed by atoms with van der Waals surface area (Å²) in [6, 6.07) is 0. The summed E-state index contributed by atoms with van der Waals surface area (Å²) in [6.45, 7) is 0. The first-order valence-electron chi connectivity index (χ1n) is 0. The Bertz CT molecular complexity index is 11.6. The fraction of sp³-hybridized carbons (Fsp3) is 0. The first-order valence-corrected chi connectivity index (χ1v) is 0. The van der Waals surface area contributed by atoms with Gasteiger partial charge in [-0.3, -0.25) is 0 Å². The molecular weight excluding hydrogens is 379 g/mol. The van der Waals surface area contributed by atoms with Crippen LogP contribution in [-0.4, -0.2) is 23.9 Å². The van der Waals surface area contributed by atoms with E-state index in [4.69, 9.17) is 0 Å². The standard InChI is InChI=1S/Cu.Fe.Nb.Sn.Ti.2H. The smallest absolute Gasteiger partial charge is 0 e. The van der Waals surface area contributed by atoms with Crippen molar-refractivity contribution in [2.24, 2.45) is 0 Å². The van der Waals surface area contributed by atoms with Crippen LogP contribution in [0.2, 0.25) is 0 Å². The normalized spacial score (nSPS) is 0. The molecule has 0 amide bonds. The molecule has 5 heteroatoms. The molecule has 0 unspecified atom stereocenters. The molecule has 4 radical (unpaired) electrons. The van der Waals surface area contributed by atoms with Crippen LogP contribution < -0.4 is 0 Å². The van der Waals surface area contributed by atoms with Gasteiger partial charge in [0.15, 0.2) is 0 Å². The van der Waals surface area contributed by atoms with Crippen molar-refractivity contribution in [3.05, 3.63) is 0 Å². The van der Waals surface area contributed by atoms with Gasteiger partial charge in [0.05, 0.1) is 0 Å². The molecule has 0 saturated heterocycles. The Hall–Kier alpha value is 3.29. The molecule has 5 heavy (non-hydrogen) atoms. The Balaban J connectivity index is 0. The van der Waals surface area contributed by atoms with Crippen molar-refractivity contribution in [3.63, 3.8) is 0 Å². The first kappa shape index (κ1) is 40.7. The Morgan fingerprint density at radius 2 is 1.00 bits per heavy atom. The maximum atomic E-state index is 0. The molecule has 0 bridgehead atoms. The third-order valence-electron chi connectivity index (χ3n) is 0. The Morgan fingerprint density at radius 1 is 1.00 bits per heavy atom. The van der Waals surface area contributed by atoms with E-state index >= 15 is 0 Å². The van der Waals surface area contributed by atoms with E-state index in [9.17, 15) is 0 Å². The quantitative estimate of drug-likeness (QED) is 0.477. The zero-order chi connectivity index (χ0) is 0. The Kier molecular flexibility index (Phi) is 217. The van der Waals surface area contributed by atoms with Crippen LogP contribution in [0.1, 0.15) is 0 Å². The topological polar surface area (TPSA) is 0 Å². The molecule has 0 rings (SSSR count). The molecule has 0 atom stereocenters. The monoisotopic (exact) mass is 382 g/mol. The summed E-state index contributed by atoms with van der Waals surface area (Å²) in [5, 5.41) is 0. The molecule has 0 aliphatic carbocycles. The molecule has 0 nitrogen and oxygen atoms in total. The molecule has 0 saturated carbocycles. The average molecular weight is 381 g/mol. The maximum Gasteiger partial charge on any atom is 0 e. The van der Waals surface area contributed by atoms with Crippen molar-refractivity contribution in [1.82, 2.24) is 0 Å². The van der Waals surface area contributed by atoms with Crippen molar-refractivity contribution in [3.8, 4) is 0 Å². The van der Waals surface area contributed by atoms with Crippen LogP contribution in [0, 0.1) is 0 Å². The third-order valence-corrected chi connectivity index (χ3v) is 0. The zero-order valence-corrected chi connectivity index (χ0v) is 12.2. The predicted octanol–water partition coefficient (Wildman–Crippen LogP) is -0.926. The van der Waals surface area contributed by atoms with E-state index < -0.39 is 0 Å². The molecule has 0 fully saturated rings. The van der Waals surface area contributed by atoms with E-state index in [0.717, 1.165) is 0 Å². The zero-order valence-electron chi connectivity index (χ0n) is 2.31. The molecule has 0 aliphatic rings. The first-order chi connectivity index (χ1) is 0. The minimum atomic E-state index is 0. The van der Waals surface area contributed by atoms with Crippen LogP contribution in [0.25, 0.3) is 0 Å². The van der Waals surface area contributed by atoms with Gasteiger partial charge in [0.2, 0.25) is 0 Å². The van der Waals surface area contributed by atoms with Crippen molar-refractivity contribution in [2.45, 2.75) is 0 Å². The van der Waals surface area contributed by atoms with Gasteiger partial charge in [0, 0.05) is 78.2 Å². The van der Waals surface area contributed by atoms with Crippen LogP contribution in [0.5, 0.6) is 0 Å². The van der Waals surface area contributed by atoms with Crippen LogP contribution in [0.3, 0.4) is 0 Å². The van der Waals surface area contributed by atoms with Gasteiger partial charge in [-0.1, -0.05) is 0 Å². The van der Waals surface area contributed by atoms with Crippen molar-refractivity contribution >= 4 is 23.9 Å². The molecule has 0 aromatic rings. The van der Waals surface area contributed by atoms with Gasteiger partial charge >= 0.3 is 23.9 Å². The van der Waals surface area contributed by atoms with Crippen LogP contribution >= 0.6 is 0 Å². The van der Waals surface area contributed by atoms with E-state index in [-0.39, 0.29) is 102 Å². The number of rotatable bonds is 0. The van der Waals surface area contributed by atoms with Crippen molar-refractivity contribution in [1.29, 1.82) is 0 Å². The predicted molar refractivity (Wildman–Crippen MR) is 8.54 cm³/mol. The molecule has 0 aromatic heterocycles. The van der Waals surface area contributed by atoms with Crippen LogP contribution in [-0.2, 0) is 78.2 Å². The van der Waals surface area contributed by atoms with E-state index in [1.54, 1.807) is 0 Å². The van der Waals surface area contributed by atoms with Gasteiger partial charge in [-0.15, -0.1) is 0 Å². The van der Waals surface area contributed by atoms with Gasteiger partial charge in [-0.2, -0.15) is 0 Å². The maximum absolute atomic E-state index is 0. The molecule has 0 heterocycles. The molecule has 34 valence electrons. The van der Waals surface area contributed by atoms with Gasteiger partial charge in [0.25, 0.3) is 0 Å². The Morgan fingerprint density at radius 3 is 1.00 bits per heavy atom. The summed E-state index contributed by atoms with van der Waals surface area (Å²) in [5.41, 5.74) is 0. The summed E-state index contributed by atoms with van der Waals surface area (Å²) < 4.78 is 0. The van der Waals surface area contributed by atoms with E-state index in [1.807, 2.05) is 0 Å². The average Bonchev–Trinajstić information content (AvgIpc) is 0. The number of hydrogen-bond acceptors (Lipinski definition) is 0. The van der Waals surface area contributed by atoms with Gasteiger partial charge in [-0.05, 0) is 0 Å². The summed E-state index contributed by atoms with van der Waals surface area (Å²) in [7, 11) is 0. The third kappa shape index (κ3) is 18.8. The molecule has 0 N–H and O–H groups in total. The SMILES string of the molecule is [Cu].[Fe].[Nb].[SnH2].[Ti]. The minimum absolute atomic E-state index is 0. The minimum Gasteiger partial charge on any atom is 0 e. The molecule has 0 aliphatic heterocycles. The van der Waals surface area contributed by atoms with Crippen LogP contribution in [0.15, 0.2) is 0 Å². The fourth-order valence-corrected chi connectivity index (χ4v) is 0. The van der Waals surface area contributed by atoms with Crippen LogP contribution in [0.4, 0.5) is 0 Å². The van der Waals surface area contributed by atoms with Gasteiger partial charge in [0.1, 0.15) is 0 Å².